The Morgan fingerprint density at radius 3 is 2.53 bits per heavy atom. The Morgan fingerprint density at radius 1 is 1.07 bits per heavy atom. The number of likely N-dealkylation sites (N-methyl/N-ethyl adjacent to an activating group) is 1. The SMILES string of the molecule is COc1cc(CN2CCC(O)(CN3CCN(C)CC3)C2)ccc1OCCCN(C)C. The molecule has 2 aliphatic rings. The molecule has 0 saturated carbocycles. The van der Waals surface area contributed by atoms with E-state index in [1.165, 1.54) is 5.56 Å². The van der Waals surface area contributed by atoms with Gasteiger partial charge in [-0.25, -0.2) is 0 Å². The van der Waals surface area contributed by atoms with Crippen LogP contribution in [0.15, 0.2) is 18.2 Å². The Balaban J connectivity index is 1.50. The monoisotopic (exact) mass is 420 g/mol. The van der Waals surface area contributed by atoms with Gasteiger partial charge in [0.25, 0.3) is 0 Å². The summed E-state index contributed by atoms with van der Waals surface area (Å²) in [5.74, 6) is 1.58. The number of piperazine rings is 1. The largest absolute Gasteiger partial charge is 0.493 e. The molecule has 2 fully saturated rings. The molecule has 1 atom stereocenters. The van der Waals surface area contributed by atoms with Crippen molar-refractivity contribution in [1.29, 1.82) is 0 Å². The van der Waals surface area contributed by atoms with Crippen molar-refractivity contribution in [3.8, 4) is 11.5 Å². The number of hydrogen-bond donors (Lipinski definition) is 1. The van der Waals surface area contributed by atoms with Gasteiger partial charge in [0.1, 0.15) is 0 Å². The molecule has 0 aromatic heterocycles. The highest BCUT2D eigenvalue weighted by atomic mass is 16.5. The third-order valence-corrected chi connectivity index (χ3v) is 6.17. The number of ether oxygens (including phenoxy) is 2. The van der Waals surface area contributed by atoms with Crippen molar-refractivity contribution in [2.45, 2.75) is 25.0 Å². The second-order valence-corrected chi connectivity index (χ2v) is 9.25. The van der Waals surface area contributed by atoms with Gasteiger partial charge < -0.3 is 24.4 Å². The molecule has 0 aliphatic carbocycles. The van der Waals surface area contributed by atoms with Crippen LogP contribution in [0.4, 0.5) is 0 Å². The minimum Gasteiger partial charge on any atom is -0.493 e. The summed E-state index contributed by atoms with van der Waals surface area (Å²) in [7, 11) is 7.99. The second kappa shape index (κ2) is 10.8. The fraction of sp³-hybridized carbons (Fsp3) is 0.739. The predicted molar refractivity (Wildman–Crippen MR) is 120 cm³/mol. The van der Waals surface area contributed by atoms with Crippen LogP contribution in [-0.4, -0.2) is 118 Å². The van der Waals surface area contributed by atoms with E-state index >= 15 is 0 Å². The third kappa shape index (κ3) is 6.82. The average molecular weight is 421 g/mol. The highest BCUT2D eigenvalue weighted by Gasteiger charge is 2.37. The number of rotatable bonds is 10. The zero-order valence-electron chi connectivity index (χ0n) is 19.3. The number of β-amino-alcohol motifs (C(OH)–C–C–N with tert-alkyl or cyclic N) is 1. The van der Waals surface area contributed by atoms with Crippen LogP contribution in [0.2, 0.25) is 0 Å². The first-order valence-corrected chi connectivity index (χ1v) is 11.2. The summed E-state index contributed by atoms with van der Waals surface area (Å²) in [6.45, 7) is 9.21. The molecule has 7 nitrogen and oxygen atoms in total. The van der Waals surface area contributed by atoms with E-state index in [4.69, 9.17) is 9.47 Å². The lowest BCUT2D eigenvalue weighted by atomic mass is 10.0. The summed E-state index contributed by atoms with van der Waals surface area (Å²) in [5, 5.41) is 11.1. The highest BCUT2D eigenvalue weighted by molar-refractivity contribution is 5.43. The minimum atomic E-state index is -0.602. The van der Waals surface area contributed by atoms with E-state index in [-0.39, 0.29) is 0 Å². The van der Waals surface area contributed by atoms with E-state index < -0.39 is 5.60 Å². The molecule has 30 heavy (non-hydrogen) atoms. The first-order chi connectivity index (χ1) is 14.4. The maximum atomic E-state index is 11.1. The molecule has 0 spiro atoms. The summed E-state index contributed by atoms with van der Waals surface area (Å²) in [6, 6.07) is 6.19. The summed E-state index contributed by atoms with van der Waals surface area (Å²) in [4.78, 5) is 9.27. The molecule has 2 aliphatic heterocycles. The molecule has 7 heteroatoms. The number of methoxy groups -OCH3 is 1. The number of likely N-dealkylation sites (tertiary alicyclic amines) is 1. The molecule has 1 N–H and O–H groups in total. The summed E-state index contributed by atoms with van der Waals surface area (Å²) in [6.07, 6.45) is 1.82. The molecular weight excluding hydrogens is 380 g/mol. The average Bonchev–Trinajstić information content (AvgIpc) is 3.07. The number of hydrogen-bond acceptors (Lipinski definition) is 7. The minimum absolute atomic E-state index is 0.602. The van der Waals surface area contributed by atoms with Gasteiger partial charge in [-0.05, 0) is 51.7 Å². The van der Waals surface area contributed by atoms with Crippen LogP contribution in [0.5, 0.6) is 11.5 Å². The van der Waals surface area contributed by atoms with Gasteiger partial charge in [0, 0.05) is 58.9 Å². The van der Waals surface area contributed by atoms with Crippen LogP contribution < -0.4 is 9.47 Å². The lowest BCUT2D eigenvalue weighted by molar-refractivity contribution is -0.000371. The van der Waals surface area contributed by atoms with Crippen LogP contribution in [0, 0.1) is 0 Å². The lowest BCUT2D eigenvalue weighted by Crippen LogP contribution is -2.51. The number of nitrogens with zero attached hydrogens (tertiary/aromatic N) is 4. The van der Waals surface area contributed by atoms with Gasteiger partial charge in [-0.1, -0.05) is 6.07 Å². The van der Waals surface area contributed by atoms with Crippen molar-refractivity contribution in [3.05, 3.63) is 23.8 Å². The zero-order valence-corrected chi connectivity index (χ0v) is 19.3. The normalized spacial score (nSPS) is 23.9. The van der Waals surface area contributed by atoms with Crippen molar-refractivity contribution < 1.29 is 14.6 Å². The molecule has 3 rings (SSSR count). The lowest BCUT2D eigenvalue weighted by Gasteiger charge is -2.37. The Bertz CT molecular complexity index is 664. The topological polar surface area (TPSA) is 51.7 Å². The van der Waals surface area contributed by atoms with Crippen LogP contribution in [0.25, 0.3) is 0 Å². The van der Waals surface area contributed by atoms with Gasteiger partial charge in [-0.3, -0.25) is 9.80 Å². The summed E-state index contributed by atoms with van der Waals surface area (Å²) < 4.78 is 11.5. The smallest absolute Gasteiger partial charge is 0.161 e. The first-order valence-electron chi connectivity index (χ1n) is 11.2. The van der Waals surface area contributed by atoms with Gasteiger partial charge in [-0.15, -0.1) is 0 Å². The van der Waals surface area contributed by atoms with Gasteiger partial charge in [0.05, 0.1) is 19.3 Å². The van der Waals surface area contributed by atoms with Gasteiger partial charge >= 0.3 is 0 Å². The molecule has 0 amide bonds. The van der Waals surface area contributed by atoms with E-state index in [0.717, 1.165) is 83.2 Å². The molecular formula is C23H40N4O3. The van der Waals surface area contributed by atoms with Gasteiger partial charge in [0.15, 0.2) is 11.5 Å². The standard InChI is InChI=1S/C23H40N4O3/c1-24(2)9-5-15-30-21-7-6-20(16-22(21)29-4)17-27-10-8-23(28,19-27)18-26-13-11-25(3)12-14-26/h6-7,16,28H,5,8-15,17-19H2,1-4H3. The highest BCUT2D eigenvalue weighted by Crippen LogP contribution is 2.30. The molecule has 1 aromatic carbocycles. The Morgan fingerprint density at radius 2 is 1.83 bits per heavy atom. The second-order valence-electron chi connectivity index (χ2n) is 9.25. The van der Waals surface area contributed by atoms with Crippen molar-refractivity contribution in [2.75, 3.05) is 87.2 Å². The molecule has 2 heterocycles. The zero-order chi connectivity index (χ0) is 21.6. The summed E-state index contributed by atoms with van der Waals surface area (Å²) >= 11 is 0. The van der Waals surface area contributed by atoms with Crippen LogP contribution in [-0.2, 0) is 6.54 Å². The van der Waals surface area contributed by atoms with Crippen molar-refractivity contribution in [3.63, 3.8) is 0 Å². The maximum Gasteiger partial charge on any atom is 0.161 e. The van der Waals surface area contributed by atoms with E-state index in [1.54, 1.807) is 7.11 Å². The van der Waals surface area contributed by atoms with E-state index in [1.807, 2.05) is 6.07 Å². The number of aliphatic hydroxyl groups is 1. The van der Waals surface area contributed by atoms with Crippen LogP contribution >= 0.6 is 0 Å². The van der Waals surface area contributed by atoms with E-state index in [0.29, 0.717) is 6.61 Å². The quantitative estimate of drug-likeness (QED) is 0.571. The maximum absolute atomic E-state index is 11.1. The molecule has 170 valence electrons. The van der Waals surface area contributed by atoms with Crippen LogP contribution in [0.1, 0.15) is 18.4 Å². The Hall–Kier alpha value is -1.38. The molecule has 1 unspecified atom stereocenters. The fourth-order valence-electron chi connectivity index (χ4n) is 4.38. The first kappa shape index (κ1) is 23.3. The Labute approximate surface area is 182 Å². The van der Waals surface area contributed by atoms with Gasteiger partial charge in [0.2, 0.25) is 0 Å². The van der Waals surface area contributed by atoms with Gasteiger partial charge in [-0.2, -0.15) is 0 Å². The van der Waals surface area contributed by atoms with E-state index in [9.17, 15) is 5.11 Å². The fourth-order valence-corrected chi connectivity index (χ4v) is 4.38. The van der Waals surface area contributed by atoms with E-state index in [2.05, 4.69) is 52.9 Å². The molecule has 0 bridgehead atoms. The molecule has 1 aromatic rings. The molecule has 0 radical (unpaired) electrons. The van der Waals surface area contributed by atoms with Crippen molar-refractivity contribution >= 4 is 0 Å². The van der Waals surface area contributed by atoms with Crippen LogP contribution in [0.3, 0.4) is 0 Å². The third-order valence-electron chi connectivity index (χ3n) is 6.17. The predicted octanol–water partition coefficient (Wildman–Crippen LogP) is 1.21. The van der Waals surface area contributed by atoms with Crippen molar-refractivity contribution in [2.24, 2.45) is 0 Å². The Kier molecular flexibility index (Phi) is 8.36. The molecule has 2 saturated heterocycles. The van der Waals surface area contributed by atoms with Crippen molar-refractivity contribution in [1.82, 2.24) is 19.6 Å². The number of benzene rings is 1. The summed E-state index contributed by atoms with van der Waals surface area (Å²) in [5.41, 5.74) is 0.589.